The van der Waals surface area contributed by atoms with Gasteiger partial charge in [-0.2, -0.15) is 8.42 Å². The van der Waals surface area contributed by atoms with Gasteiger partial charge in [0.1, 0.15) is 0 Å². The van der Waals surface area contributed by atoms with Gasteiger partial charge in [0.2, 0.25) is 5.91 Å². The molecule has 15 heavy (non-hydrogen) atoms. The van der Waals surface area contributed by atoms with Crippen molar-refractivity contribution >= 4 is 16.0 Å². The van der Waals surface area contributed by atoms with E-state index in [4.69, 9.17) is 10.3 Å². The highest BCUT2D eigenvalue weighted by atomic mass is 32.2. The molecule has 0 aromatic heterocycles. The molecule has 0 fully saturated rings. The first kappa shape index (κ1) is 14.3. The van der Waals surface area contributed by atoms with Gasteiger partial charge in [0.05, 0.1) is 11.8 Å². The zero-order chi connectivity index (χ0) is 12.1. The molecule has 0 unspecified atom stereocenters. The van der Waals surface area contributed by atoms with Crippen LogP contribution in [0.1, 0.15) is 20.3 Å². The predicted octanol–water partition coefficient (Wildman–Crippen LogP) is -0.636. The zero-order valence-electron chi connectivity index (χ0n) is 8.93. The molecule has 0 saturated carbocycles. The van der Waals surface area contributed by atoms with E-state index in [1.54, 1.807) is 0 Å². The summed E-state index contributed by atoms with van der Waals surface area (Å²) in [6.07, 6.45) is 0.176. The molecule has 0 aromatic rings. The fourth-order valence-electron chi connectivity index (χ4n) is 0.887. The summed E-state index contributed by atoms with van der Waals surface area (Å²) in [5, 5.41) is 2.50. The van der Waals surface area contributed by atoms with Gasteiger partial charge < -0.3 is 11.1 Å². The molecule has 0 spiro atoms. The summed E-state index contributed by atoms with van der Waals surface area (Å²) < 4.78 is 29.1. The van der Waals surface area contributed by atoms with E-state index in [9.17, 15) is 13.2 Å². The van der Waals surface area contributed by atoms with Gasteiger partial charge in [-0.25, -0.2) is 0 Å². The van der Waals surface area contributed by atoms with E-state index in [2.05, 4.69) is 5.32 Å². The maximum atomic E-state index is 11.3. The van der Waals surface area contributed by atoms with Crippen molar-refractivity contribution in [3.8, 4) is 0 Å². The molecule has 6 nitrogen and oxygen atoms in total. The molecule has 0 saturated heterocycles. The van der Waals surface area contributed by atoms with E-state index >= 15 is 0 Å². The SMILES string of the molecule is CC(C)[C@H](N)[13C](=[18O])NCCCS(=O)(=O)O. The first-order valence-corrected chi connectivity index (χ1v) is 6.33. The Bertz CT molecular complexity index is 300. The second-order valence-corrected chi connectivity index (χ2v) is 5.27. The van der Waals surface area contributed by atoms with Gasteiger partial charge in [-0.15, -0.1) is 0 Å². The summed E-state index contributed by atoms with van der Waals surface area (Å²) >= 11 is 0. The summed E-state index contributed by atoms with van der Waals surface area (Å²) in [4.78, 5) is 11.3. The summed E-state index contributed by atoms with van der Waals surface area (Å²) in [6.45, 7) is 3.84. The van der Waals surface area contributed by atoms with Crippen molar-refractivity contribution in [3.05, 3.63) is 0 Å². The van der Waals surface area contributed by atoms with Crippen molar-refractivity contribution in [1.82, 2.24) is 5.32 Å². The molecule has 1 atom stereocenters. The highest BCUT2D eigenvalue weighted by molar-refractivity contribution is 7.85. The normalized spacial score (nSPS) is 13.9. The Hall–Kier alpha value is -0.660. The quantitative estimate of drug-likeness (QED) is 0.248. The fraction of sp³-hybridized carbons (Fsp3) is 0.875. The summed E-state index contributed by atoms with van der Waals surface area (Å²) in [5.74, 6) is -0.628. The molecular formula is C8H18N2O4S. The van der Waals surface area contributed by atoms with Crippen LogP contribution in [0.3, 0.4) is 0 Å². The Labute approximate surface area is 90.0 Å². The lowest BCUT2D eigenvalue weighted by Crippen LogP contribution is -2.44. The lowest BCUT2D eigenvalue weighted by Gasteiger charge is -2.14. The van der Waals surface area contributed by atoms with Crippen LogP contribution in [0.2, 0.25) is 0 Å². The fourth-order valence-corrected chi connectivity index (χ4v) is 1.40. The molecule has 7 heteroatoms. The molecule has 1 amide bonds. The molecule has 0 aliphatic carbocycles. The van der Waals surface area contributed by atoms with Crippen LogP contribution in [-0.2, 0) is 14.9 Å². The third kappa shape index (κ3) is 7.29. The predicted molar refractivity (Wildman–Crippen MR) is 56.9 cm³/mol. The topological polar surface area (TPSA) is 109 Å². The number of hydrogen-bond donors (Lipinski definition) is 3. The number of nitrogens with two attached hydrogens (primary N) is 1. The van der Waals surface area contributed by atoms with Crippen LogP contribution in [-0.4, -0.2) is 37.2 Å². The third-order valence-electron chi connectivity index (χ3n) is 1.90. The maximum Gasteiger partial charge on any atom is 0.264 e. The molecule has 0 aliphatic heterocycles. The smallest absolute Gasteiger partial charge is 0.264 e. The number of hydrogen-bond acceptors (Lipinski definition) is 4. The van der Waals surface area contributed by atoms with Gasteiger partial charge in [0, 0.05) is 6.54 Å². The average Bonchev–Trinajstić information content (AvgIpc) is 2.09. The minimum atomic E-state index is -3.94. The van der Waals surface area contributed by atoms with Gasteiger partial charge in [-0.3, -0.25) is 9.35 Å². The molecule has 0 aromatic carbocycles. The van der Waals surface area contributed by atoms with E-state index in [1.807, 2.05) is 13.8 Å². The monoisotopic (exact) mass is 241 g/mol. The van der Waals surface area contributed by atoms with E-state index < -0.39 is 16.2 Å². The largest absolute Gasteiger partial charge is 0.355 e. The van der Waals surface area contributed by atoms with E-state index in [-0.39, 0.29) is 30.5 Å². The maximum absolute atomic E-state index is 11.3. The first-order valence-electron chi connectivity index (χ1n) is 4.72. The average molecular weight is 241 g/mol. The Kier molecular flexibility index (Phi) is 5.77. The van der Waals surface area contributed by atoms with Crippen LogP contribution in [0.25, 0.3) is 0 Å². The van der Waals surface area contributed by atoms with Crippen molar-refractivity contribution in [3.63, 3.8) is 0 Å². The number of rotatable bonds is 6. The Morgan fingerprint density at radius 3 is 2.47 bits per heavy atom. The molecule has 0 radical (unpaired) electrons. The summed E-state index contributed by atoms with van der Waals surface area (Å²) in [6, 6.07) is -0.587. The number of amides is 1. The molecule has 90 valence electrons. The molecule has 0 bridgehead atoms. The number of carbonyl (C=O) groups is 1. The van der Waals surface area contributed by atoms with E-state index in [0.29, 0.717) is 0 Å². The summed E-state index contributed by atoms with van der Waals surface area (Å²) in [7, 11) is -3.94. The Balaban J connectivity index is 3.74. The lowest BCUT2D eigenvalue weighted by molar-refractivity contribution is -0.123. The van der Waals surface area contributed by atoms with Gasteiger partial charge in [0.15, 0.2) is 0 Å². The van der Waals surface area contributed by atoms with Crippen molar-refractivity contribution < 1.29 is 17.8 Å². The molecule has 4 N–H and O–H groups in total. The van der Waals surface area contributed by atoms with E-state index in [1.165, 1.54) is 0 Å². The highest BCUT2D eigenvalue weighted by Gasteiger charge is 2.16. The minimum Gasteiger partial charge on any atom is -0.355 e. The van der Waals surface area contributed by atoms with Crippen LogP contribution in [0.15, 0.2) is 0 Å². The zero-order valence-corrected chi connectivity index (χ0v) is 9.75. The summed E-state index contributed by atoms with van der Waals surface area (Å²) in [5.41, 5.74) is 5.55. The van der Waals surface area contributed by atoms with Gasteiger partial charge in [-0.05, 0) is 12.3 Å². The van der Waals surface area contributed by atoms with Gasteiger partial charge in [-0.1, -0.05) is 13.8 Å². The molecule has 0 aliphatic rings. The Morgan fingerprint density at radius 2 is 2.07 bits per heavy atom. The highest BCUT2D eigenvalue weighted by Crippen LogP contribution is 1.97. The van der Waals surface area contributed by atoms with Crippen LogP contribution >= 0.6 is 0 Å². The first-order chi connectivity index (χ1) is 6.74. The minimum absolute atomic E-state index is 0.0339. The number of nitrogens with one attached hydrogen (secondary N) is 1. The van der Waals surface area contributed by atoms with Crippen LogP contribution in [0, 0.1) is 5.92 Å². The van der Waals surface area contributed by atoms with Crippen molar-refractivity contribution in [2.75, 3.05) is 12.3 Å². The van der Waals surface area contributed by atoms with E-state index in [0.717, 1.165) is 0 Å². The lowest BCUT2D eigenvalue weighted by atomic mass is 10.1. The second-order valence-electron chi connectivity index (χ2n) is 3.70. The van der Waals surface area contributed by atoms with Crippen LogP contribution < -0.4 is 11.1 Å². The number of carbonyl (C=O) groups excluding carboxylic acids is 1. The van der Waals surface area contributed by atoms with Crippen molar-refractivity contribution in [1.29, 1.82) is 0 Å². The molecule has 0 rings (SSSR count). The standard InChI is InChI=1S/C8H18N2O4S/c1-6(2)7(9)8(11)10-4-3-5-15(12,13)14/h6-7H,3-5,9H2,1-2H3,(H,10,11)(H,12,13,14)/t7-/m0/s1/i8+1,11+2. The molecule has 0 heterocycles. The van der Waals surface area contributed by atoms with Crippen LogP contribution in [0.4, 0.5) is 0 Å². The Morgan fingerprint density at radius 1 is 1.53 bits per heavy atom. The van der Waals surface area contributed by atoms with Gasteiger partial charge in [0.25, 0.3) is 10.1 Å². The third-order valence-corrected chi connectivity index (χ3v) is 2.70. The van der Waals surface area contributed by atoms with Crippen molar-refractivity contribution in [2.45, 2.75) is 26.3 Å². The van der Waals surface area contributed by atoms with Crippen molar-refractivity contribution in [2.24, 2.45) is 11.7 Å². The van der Waals surface area contributed by atoms with Crippen LogP contribution in [0.5, 0.6) is 0 Å². The second kappa shape index (κ2) is 6.04. The van der Waals surface area contributed by atoms with Gasteiger partial charge >= 0.3 is 0 Å². The molecular weight excluding hydrogens is 223 g/mol.